The number of amides is 4. The summed E-state index contributed by atoms with van der Waals surface area (Å²) in [5.74, 6) is -1.08. The van der Waals surface area contributed by atoms with Crippen molar-refractivity contribution in [1.82, 2.24) is 40.5 Å². The highest BCUT2D eigenvalue weighted by molar-refractivity contribution is 7.89. The number of rotatable bonds is 28. The smallest absolute Gasteiger partial charge is 0.258 e. The van der Waals surface area contributed by atoms with Gasteiger partial charge in [-0.15, -0.1) is 11.3 Å². The maximum Gasteiger partial charge on any atom is 0.258 e. The zero-order valence-corrected chi connectivity index (χ0v) is 48.9. The van der Waals surface area contributed by atoms with Crippen LogP contribution in [-0.2, 0) is 40.5 Å². The van der Waals surface area contributed by atoms with Gasteiger partial charge in [0.15, 0.2) is 5.67 Å². The van der Waals surface area contributed by atoms with E-state index in [1.54, 1.807) is 38.4 Å². The minimum atomic E-state index is -3.83. The number of carbonyl (C=O) groups is 4. The number of alkyl halides is 1. The highest BCUT2D eigenvalue weighted by Gasteiger charge is 2.53. The van der Waals surface area contributed by atoms with Crippen LogP contribution in [0.1, 0.15) is 89.8 Å². The fourth-order valence-electron chi connectivity index (χ4n) is 9.41. The van der Waals surface area contributed by atoms with Gasteiger partial charge in [0.05, 0.1) is 63.8 Å². The average Bonchev–Trinajstić information content (AvgIpc) is 4.07. The normalized spacial score (nSPS) is 16.1. The van der Waals surface area contributed by atoms with Crippen LogP contribution in [0.4, 0.5) is 16.0 Å². The second-order valence-electron chi connectivity index (χ2n) is 21.7. The minimum absolute atomic E-state index is 0.0105. The lowest BCUT2D eigenvalue weighted by Crippen LogP contribution is -2.59. The third-order valence-electron chi connectivity index (χ3n) is 14.2. The van der Waals surface area contributed by atoms with Gasteiger partial charge in [0.2, 0.25) is 33.7 Å². The molecule has 6 N–H and O–H groups in total. The zero-order valence-electron chi connectivity index (χ0n) is 46.5. The number of anilines is 2. The van der Waals surface area contributed by atoms with Crippen molar-refractivity contribution in [1.29, 1.82) is 0 Å². The van der Waals surface area contributed by atoms with Gasteiger partial charge in [0, 0.05) is 55.8 Å². The van der Waals surface area contributed by atoms with Crippen LogP contribution in [0.5, 0.6) is 5.75 Å². The highest BCUT2D eigenvalue weighted by Crippen LogP contribution is 2.41. The molecule has 82 heavy (non-hydrogen) atoms. The van der Waals surface area contributed by atoms with E-state index < -0.39 is 57.0 Å². The molecule has 436 valence electrons. The quantitative estimate of drug-likeness (QED) is 0.0252. The van der Waals surface area contributed by atoms with E-state index in [0.717, 1.165) is 58.5 Å². The largest absolute Gasteiger partial charge is 0.493 e. The molecule has 4 amide bonds. The number of nitrogens with one attached hydrogen (secondary N) is 5. The van der Waals surface area contributed by atoms with Crippen molar-refractivity contribution in [3.05, 3.63) is 125 Å². The van der Waals surface area contributed by atoms with Gasteiger partial charge >= 0.3 is 0 Å². The number of ether oxygens (including phenoxy) is 2. The molecule has 0 bridgehead atoms. The van der Waals surface area contributed by atoms with Crippen molar-refractivity contribution in [3.8, 4) is 38.6 Å². The van der Waals surface area contributed by atoms with Crippen molar-refractivity contribution < 1.29 is 46.6 Å². The number of hydrogen-bond donors (Lipinski definition) is 6. The number of carbonyl (C=O) groups excluding carboxylic acids is 4. The molecule has 3 heterocycles. The van der Waals surface area contributed by atoms with Crippen molar-refractivity contribution in [3.63, 3.8) is 0 Å². The average molecular weight is 1180 g/mol. The summed E-state index contributed by atoms with van der Waals surface area (Å²) in [6.07, 6.45) is 5.19. The fourth-order valence-corrected chi connectivity index (χ4v) is 11.4. The van der Waals surface area contributed by atoms with E-state index in [2.05, 4.69) is 40.9 Å². The van der Waals surface area contributed by atoms with Gasteiger partial charge < -0.3 is 40.7 Å². The summed E-state index contributed by atoms with van der Waals surface area (Å²) in [5, 5.41) is 22.5. The summed E-state index contributed by atoms with van der Waals surface area (Å²) in [4.78, 5) is 68.7. The molecular weight excluding hydrogens is 1110 g/mol. The number of aryl methyl sites for hydroxylation is 1. The van der Waals surface area contributed by atoms with Crippen molar-refractivity contribution in [2.45, 2.75) is 121 Å². The monoisotopic (exact) mass is 1180 g/mol. The Labute approximate surface area is 487 Å². The number of nitrogens with zero attached hydrogens (tertiary/aromatic N) is 4. The molecule has 0 spiro atoms. The molecule has 1 aliphatic heterocycles. The third-order valence-corrected chi connectivity index (χ3v) is 16.9. The van der Waals surface area contributed by atoms with Crippen LogP contribution in [0.3, 0.4) is 0 Å². The molecule has 8 rings (SSSR count). The van der Waals surface area contributed by atoms with Crippen molar-refractivity contribution >= 4 is 68.2 Å². The number of hydrogen-bond acceptors (Lipinski definition) is 14. The first-order valence-electron chi connectivity index (χ1n) is 27.6. The van der Waals surface area contributed by atoms with Crippen LogP contribution >= 0.6 is 22.9 Å². The number of sulfonamides is 1. The van der Waals surface area contributed by atoms with E-state index >= 15 is 0 Å². The second-order valence-corrected chi connectivity index (χ2v) is 24.7. The summed E-state index contributed by atoms with van der Waals surface area (Å²) < 4.78 is 55.2. The molecule has 2 aromatic heterocycles. The van der Waals surface area contributed by atoms with E-state index in [4.69, 9.17) is 21.1 Å². The predicted octanol–water partition coefficient (Wildman–Crippen LogP) is 9.08. The van der Waals surface area contributed by atoms with Crippen LogP contribution in [-0.4, -0.2) is 120 Å². The topological polar surface area (TPSA) is 243 Å². The first kappa shape index (κ1) is 61.2. The van der Waals surface area contributed by atoms with Gasteiger partial charge in [0.25, 0.3) is 5.91 Å². The molecule has 1 saturated heterocycles. The number of aromatic nitrogens is 3. The number of likely N-dealkylation sites (tertiary alicyclic amines) is 1. The van der Waals surface area contributed by atoms with Gasteiger partial charge in [0.1, 0.15) is 17.8 Å². The Balaban J connectivity index is 0.705. The van der Waals surface area contributed by atoms with Crippen LogP contribution in [0.2, 0.25) is 5.02 Å². The van der Waals surface area contributed by atoms with Gasteiger partial charge in [-0.25, -0.2) is 32.5 Å². The van der Waals surface area contributed by atoms with E-state index in [1.807, 2.05) is 79.7 Å². The van der Waals surface area contributed by atoms with Crippen molar-refractivity contribution in [2.75, 3.05) is 44.8 Å². The molecule has 3 atom stereocenters. The van der Waals surface area contributed by atoms with Gasteiger partial charge in [-0.2, -0.15) is 0 Å². The lowest BCUT2D eigenvalue weighted by molar-refractivity contribution is -0.145. The Morgan fingerprint density at radius 1 is 0.854 bits per heavy atom. The number of halogens is 2. The van der Waals surface area contributed by atoms with E-state index in [1.165, 1.54) is 34.6 Å². The maximum atomic E-state index is 14.7. The SMILES string of the molecule is Cc1ncsc1-c1ccc(CNC(=O)[C@@H]2C[C@@H](O)CN2C(=O)C(NC(=O)C2(F)CC2)C(C)(C)C)c(OCCCCCCCC(=O)NCCOCCNS(=O)(=O)c2ccc(Nc3ncc(Cl)c(-c4cccc(-c5ccccc5)c4)n3)cc2)c1. The number of aliphatic hydroxyl groups is 1. The van der Waals surface area contributed by atoms with Crippen molar-refractivity contribution in [2.24, 2.45) is 5.41 Å². The molecule has 1 unspecified atom stereocenters. The number of β-amino-alcohol motifs (C(OH)–C–C–N with tert-alkyl or cyclic N) is 1. The zero-order chi connectivity index (χ0) is 58.4. The lowest BCUT2D eigenvalue weighted by Gasteiger charge is -2.35. The molecule has 18 nitrogen and oxygen atoms in total. The molecule has 1 aliphatic carbocycles. The van der Waals surface area contributed by atoms with Crippen LogP contribution in [0.25, 0.3) is 32.8 Å². The summed E-state index contributed by atoms with van der Waals surface area (Å²) >= 11 is 8.04. The lowest BCUT2D eigenvalue weighted by atomic mass is 9.85. The Hall–Kier alpha value is -6.88. The number of benzene rings is 4. The summed E-state index contributed by atoms with van der Waals surface area (Å²) in [5.41, 5.74) is 5.54. The molecule has 0 radical (unpaired) electrons. The molecule has 4 aromatic carbocycles. The summed E-state index contributed by atoms with van der Waals surface area (Å²) in [7, 11) is -3.83. The van der Waals surface area contributed by atoms with Gasteiger partial charge in [-0.05, 0) is 91.1 Å². The number of thiazole rings is 1. The maximum absolute atomic E-state index is 14.7. The minimum Gasteiger partial charge on any atom is -0.493 e. The predicted molar refractivity (Wildman–Crippen MR) is 315 cm³/mol. The second kappa shape index (κ2) is 27.9. The molecule has 2 aliphatic rings. The Bertz CT molecular complexity index is 3290. The molecule has 1 saturated carbocycles. The standard InChI is InChI=1S/C60H71ClFN9O9S2/c1-39-53(81-38-66-39)43-19-20-44(35-64-55(74)49-34-46(72)37-71(49)56(75)54(59(2,3)4)70-57(76)60(62)25-26-60)50(33-43)80-29-12-7-5-6-11-18-51(73)63-27-30-79-31-28-67-82(77,78)47-23-21-45(22-24-47)68-58-65-36-48(61)52(69-58)42-17-13-16-41(32-42)40-14-9-8-10-15-40/h8-10,13-17,19-24,32-33,36,38,46,49,54,67,72H,5-7,11-12,18,25-31,34-35,37H2,1-4H3,(H,63,73)(H,64,74)(H,70,76)(H,65,68,69)/t46-,49+,54?/m1/s1. The first-order chi connectivity index (χ1) is 39.3. The summed E-state index contributed by atoms with van der Waals surface area (Å²) in [6.45, 7) is 8.24. The van der Waals surface area contributed by atoms with E-state index in [0.29, 0.717) is 53.1 Å². The summed E-state index contributed by atoms with van der Waals surface area (Å²) in [6, 6.07) is 27.7. The molecule has 22 heteroatoms. The van der Waals surface area contributed by atoms with E-state index in [-0.39, 0.29) is 69.5 Å². The molecular formula is C60H71ClFN9O9S2. The van der Waals surface area contributed by atoms with E-state index in [9.17, 15) is 37.1 Å². The first-order valence-corrected chi connectivity index (χ1v) is 30.3. The molecule has 6 aromatic rings. The van der Waals surface area contributed by atoms with Gasteiger partial charge in [-0.1, -0.05) is 112 Å². The van der Waals surface area contributed by atoms with Gasteiger partial charge in [-0.3, -0.25) is 19.2 Å². The van der Waals surface area contributed by atoms with Crippen LogP contribution < -0.4 is 30.7 Å². The Morgan fingerprint density at radius 2 is 1.57 bits per heavy atom. The molecule has 2 fully saturated rings. The number of aliphatic hydroxyl groups excluding tert-OH is 1. The van der Waals surface area contributed by atoms with Crippen LogP contribution in [0, 0.1) is 12.3 Å². The fraction of sp³-hybridized carbons (Fsp3) is 0.417. The Morgan fingerprint density at radius 3 is 2.30 bits per heavy atom. The third kappa shape index (κ3) is 16.7. The number of unbranched alkanes of at least 4 members (excludes halogenated alkanes) is 4. The Kier molecular flexibility index (Phi) is 20.8. The highest BCUT2D eigenvalue weighted by atomic mass is 35.5. The van der Waals surface area contributed by atoms with Crippen LogP contribution in [0.15, 0.2) is 114 Å².